The average Bonchev–Trinajstić information content (AvgIpc) is 3.41. The number of piperazine rings is 1. The maximum Gasteiger partial charge on any atom is 0.256 e. The van der Waals surface area contributed by atoms with Gasteiger partial charge in [0.05, 0.1) is 25.2 Å². The van der Waals surface area contributed by atoms with Gasteiger partial charge in [0.2, 0.25) is 5.91 Å². The molecule has 3 heterocycles. The van der Waals surface area contributed by atoms with Gasteiger partial charge in [-0.2, -0.15) is 5.10 Å². The van der Waals surface area contributed by atoms with E-state index in [1.807, 2.05) is 24.3 Å². The maximum atomic E-state index is 12.8. The summed E-state index contributed by atoms with van der Waals surface area (Å²) in [4.78, 5) is 31.9. The zero-order chi connectivity index (χ0) is 23.4. The van der Waals surface area contributed by atoms with E-state index in [1.165, 1.54) is 0 Å². The molecule has 0 spiro atoms. The van der Waals surface area contributed by atoms with Crippen LogP contribution in [0, 0.1) is 0 Å². The van der Waals surface area contributed by atoms with Gasteiger partial charge in [-0.25, -0.2) is 0 Å². The van der Waals surface area contributed by atoms with Gasteiger partial charge in [0, 0.05) is 43.0 Å². The van der Waals surface area contributed by atoms with Gasteiger partial charge in [0.25, 0.3) is 5.91 Å². The van der Waals surface area contributed by atoms with Crippen LogP contribution in [0.1, 0.15) is 28.0 Å². The van der Waals surface area contributed by atoms with E-state index in [0.29, 0.717) is 24.5 Å². The van der Waals surface area contributed by atoms with Crippen molar-refractivity contribution < 1.29 is 9.59 Å². The number of aromatic nitrogens is 2. The number of hydrogen-bond donors (Lipinski definition) is 2. The molecule has 0 aliphatic carbocycles. The minimum absolute atomic E-state index is 0.00984. The molecule has 1 saturated heterocycles. The Kier molecular flexibility index (Phi) is 6.74. The van der Waals surface area contributed by atoms with Crippen molar-refractivity contribution >= 4 is 23.3 Å². The molecule has 0 unspecified atom stereocenters. The summed E-state index contributed by atoms with van der Waals surface area (Å²) in [5, 5.41) is 10.1. The van der Waals surface area contributed by atoms with Crippen LogP contribution in [0.4, 0.5) is 11.5 Å². The largest absolute Gasteiger partial charge is 0.369 e. The van der Waals surface area contributed by atoms with E-state index >= 15 is 0 Å². The van der Waals surface area contributed by atoms with Crippen molar-refractivity contribution in [2.45, 2.75) is 19.5 Å². The van der Waals surface area contributed by atoms with E-state index in [4.69, 9.17) is 0 Å². The summed E-state index contributed by atoms with van der Waals surface area (Å²) in [5.41, 5.74) is 4.20. The van der Waals surface area contributed by atoms with Crippen molar-refractivity contribution in [1.29, 1.82) is 0 Å². The van der Waals surface area contributed by atoms with E-state index in [0.717, 1.165) is 48.7 Å². The molecule has 1 aromatic heterocycles. The van der Waals surface area contributed by atoms with Crippen molar-refractivity contribution in [2.75, 3.05) is 43.4 Å². The molecule has 8 nitrogen and oxygen atoms in total. The molecule has 0 atom stereocenters. The second-order valence-electron chi connectivity index (χ2n) is 8.43. The molecule has 33 heavy (non-hydrogen) atoms. The van der Waals surface area contributed by atoms with Crippen LogP contribution in [0.25, 0.3) is 0 Å². The number of aromatic amines is 1. The molecule has 0 bridgehead atoms. The molecule has 2 N–H and O–H groups in total. The fourth-order valence-electron chi connectivity index (χ4n) is 4.12. The monoisotopic (exact) mass is 446 g/mol. The number of carbonyl (C=O) groups is 2. The van der Waals surface area contributed by atoms with Gasteiger partial charge < -0.3 is 20.0 Å². The Morgan fingerprint density at radius 1 is 1.12 bits per heavy atom. The van der Waals surface area contributed by atoms with Gasteiger partial charge in [0.1, 0.15) is 0 Å². The summed E-state index contributed by atoms with van der Waals surface area (Å²) in [6.45, 7) is 12.3. The second kappa shape index (κ2) is 9.87. The van der Waals surface area contributed by atoms with Crippen LogP contribution in [0.15, 0.2) is 61.2 Å². The number of likely N-dealkylation sites (N-methyl/N-ethyl adjacent to an activating group) is 1. The van der Waals surface area contributed by atoms with Gasteiger partial charge in [-0.1, -0.05) is 31.4 Å². The summed E-state index contributed by atoms with van der Waals surface area (Å²) in [5.74, 6) is 0.241. The number of nitrogens with one attached hydrogen (secondary N) is 2. The zero-order valence-corrected chi connectivity index (χ0v) is 19.0. The molecule has 1 aromatic carbocycles. The summed E-state index contributed by atoms with van der Waals surface area (Å²) in [7, 11) is 2.13. The van der Waals surface area contributed by atoms with Gasteiger partial charge in [0.15, 0.2) is 5.82 Å². The van der Waals surface area contributed by atoms with Gasteiger partial charge in [-0.05, 0) is 36.9 Å². The van der Waals surface area contributed by atoms with Crippen LogP contribution in [-0.4, -0.2) is 65.0 Å². The molecule has 4 rings (SSSR count). The number of fused-ring (bicyclic) bond motifs is 1. The third-order valence-corrected chi connectivity index (χ3v) is 6.18. The number of rotatable bonds is 7. The highest BCUT2D eigenvalue weighted by atomic mass is 16.2. The van der Waals surface area contributed by atoms with E-state index in [-0.39, 0.29) is 18.2 Å². The number of nitrogens with zero attached hydrogens (tertiary/aromatic N) is 4. The van der Waals surface area contributed by atoms with Crippen LogP contribution < -0.4 is 10.2 Å². The molecule has 0 saturated carbocycles. The molecule has 2 aliphatic heterocycles. The molecule has 1 fully saturated rings. The highest BCUT2D eigenvalue weighted by Crippen LogP contribution is 2.28. The average molecular weight is 447 g/mol. The lowest BCUT2D eigenvalue weighted by Gasteiger charge is -2.34. The minimum Gasteiger partial charge on any atom is -0.369 e. The smallest absolute Gasteiger partial charge is 0.256 e. The number of anilines is 2. The van der Waals surface area contributed by atoms with Crippen LogP contribution in [0.2, 0.25) is 0 Å². The summed E-state index contributed by atoms with van der Waals surface area (Å²) in [6.07, 6.45) is 5.35. The highest BCUT2D eigenvalue weighted by Gasteiger charge is 2.29. The van der Waals surface area contributed by atoms with Crippen LogP contribution >= 0.6 is 0 Å². The Hall–Kier alpha value is -3.65. The number of allylic oxidation sites excluding steroid dienone is 3. The predicted octanol–water partition coefficient (Wildman–Crippen LogP) is 2.94. The second-order valence-corrected chi connectivity index (χ2v) is 8.43. The van der Waals surface area contributed by atoms with E-state index in [1.54, 1.807) is 23.1 Å². The minimum atomic E-state index is -0.220. The fraction of sp³-hybridized carbons (Fsp3) is 0.320. The molecule has 2 amide bonds. The molecule has 2 aromatic rings. The lowest BCUT2D eigenvalue weighted by Crippen LogP contribution is -2.44. The SMILES string of the molecule is C=C/C=C(\C=C)CC(=O)N1Cc2[nH]nc(NC(=O)c3ccc(N4CCN(C)CC4)cc3)c2C1. The maximum absolute atomic E-state index is 12.8. The Balaban J connectivity index is 1.37. The first kappa shape index (κ1) is 22.5. The van der Waals surface area contributed by atoms with Gasteiger partial charge in [-0.15, -0.1) is 0 Å². The van der Waals surface area contributed by atoms with E-state index < -0.39 is 0 Å². The molecule has 8 heteroatoms. The Morgan fingerprint density at radius 2 is 1.85 bits per heavy atom. The lowest BCUT2D eigenvalue weighted by atomic mass is 10.1. The number of hydrogen-bond acceptors (Lipinski definition) is 5. The first-order valence-corrected chi connectivity index (χ1v) is 11.1. The number of benzene rings is 1. The molecular formula is C25H30N6O2. The first-order chi connectivity index (χ1) is 16.0. The Morgan fingerprint density at radius 3 is 2.52 bits per heavy atom. The quantitative estimate of drug-likeness (QED) is 0.639. The molecule has 0 radical (unpaired) electrons. The summed E-state index contributed by atoms with van der Waals surface area (Å²) in [6, 6.07) is 7.66. The van der Waals surface area contributed by atoms with Crippen LogP contribution in [0.3, 0.4) is 0 Å². The summed E-state index contributed by atoms with van der Waals surface area (Å²) < 4.78 is 0. The Bertz CT molecular complexity index is 1080. The first-order valence-electron chi connectivity index (χ1n) is 11.1. The predicted molar refractivity (Wildman–Crippen MR) is 130 cm³/mol. The lowest BCUT2D eigenvalue weighted by molar-refractivity contribution is -0.131. The molecule has 2 aliphatic rings. The van der Waals surface area contributed by atoms with Crippen molar-refractivity contribution in [3.05, 3.63) is 78.0 Å². The third kappa shape index (κ3) is 5.06. The van der Waals surface area contributed by atoms with Crippen molar-refractivity contribution in [3.63, 3.8) is 0 Å². The molecular weight excluding hydrogens is 416 g/mol. The molecule has 172 valence electrons. The van der Waals surface area contributed by atoms with Gasteiger partial charge in [-0.3, -0.25) is 14.7 Å². The Labute approximate surface area is 194 Å². The highest BCUT2D eigenvalue weighted by molar-refractivity contribution is 6.04. The van der Waals surface area contributed by atoms with Crippen molar-refractivity contribution in [2.24, 2.45) is 0 Å². The standard InChI is InChI=1S/C25H30N6O2/c1-4-6-18(5-2)15-23(32)31-16-21-22(17-31)27-28-24(21)26-25(33)19-7-9-20(10-8-19)30-13-11-29(3)12-14-30/h4-10H,1-2,11-17H2,3H3,(H2,26,27,28,33)/b18-6+. The fourth-order valence-corrected chi connectivity index (χ4v) is 4.12. The van der Waals surface area contributed by atoms with Crippen molar-refractivity contribution in [1.82, 2.24) is 20.0 Å². The third-order valence-electron chi connectivity index (χ3n) is 6.18. The number of H-pyrrole nitrogens is 1. The van der Waals surface area contributed by atoms with Crippen molar-refractivity contribution in [3.8, 4) is 0 Å². The zero-order valence-electron chi connectivity index (χ0n) is 19.0. The van der Waals surface area contributed by atoms with Crippen LogP contribution in [0.5, 0.6) is 0 Å². The van der Waals surface area contributed by atoms with E-state index in [9.17, 15) is 9.59 Å². The number of carbonyl (C=O) groups excluding carboxylic acids is 2. The normalized spacial score (nSPS) is 16.5. The topological polar surface area (TPSA) is 84.6 Å². The van der Waals surface area contributed by atoms with Gasteiger partial charge >= 0.3 is 0 Å². The number of amides is 2. The summed E-state index contributed by atoms with van der Waals surface area (Å²) >= 11 is 0. The van der Waals surface area contributed by atoms with E-state index in [2.05, 4.69) is 45.5 Å². The van der Waals surface area contributed by atoms with Crippen LogP contribution in [-0.2, 0) is 17.9 Å².